The van der Waals surface area contributed by atoms with Crippen molar-refractivity contribution in [2.75, 3.05) is 0 Å². The standard InChI is InChI=1S/C11H16ClIN2/c1-2-3-4-11(15-14)9-7-8(12)5-6-10(9)13/h5-7,11,15H,2-4,14H2,1H3. The molecule has 0 aliphatic rings. The van der Waals surface area contributed by atoms with Gasteiger partial charge in [0.25, 0.3) is 0 Å². The van der Waals surface area contributed by atoms with Gasteiger partial charge >= 0.3 is 0 Å². The summed E-state index contributed by atoms with van der Waals surface area (Å²) >= 11 is 8.29. The van der Waals surface area contributed by atoms with Crippen molar-refractivity contribution in [3.05, 3.63) is 32.4 Å². The molecule has 3 N–H and O–H groups in total. The van der Waals surface area contributed by atoms with Crippen molar-refractivity contribution in [2.45, 2.75) is 32.2 Å². The van der Waals surface area contributed by atoms with E-state index in [2.05, 4.69) is 34.9 Å². The zero-order valence-electron chi connectivity index (χ0n) is 8.76. The minimum atomic E-state index is 0.204. The summed E-state index contributed by atoms with van der Waals surface area (Å²) in [5.74, 6) is 5.57. The van der Waals surface area contributed by atoms with Gasteiger partial charge in [0.15, 0.2) is 0 Å². The average Bonchev–Trinajstić information content (AvgIpc) is 2.24. The van der Waals surface area contributed by atoms with E-state index in [1.807, 2.05) is 18.2 Å². The quantitative estimate of drug-likeness (QED) is 0.489. The Morgan fingerprint density at radius 2 is 2.27 bits per heavy atom. The van der Waals surface area contributed by atoms with E-state index < -0.39 is 0 Å². The molecule has 0 saturated carbocycles. The Morgan fingerprint density at radius 3 is 2.87 bits per heavy atom. The molecule has 0 saturated heterocycles. The van der Waals surface area contributed by atoms with Gasteiger partial charge in [-0.15, -0.1) is 0 Å². The number of hydrogen-bond acceptors (Lipinski definition) is 2. The first-order valence-electron chi connectivity index (χ1n) is 5.10. The minimum Gasteiger partial charge on any atom is -0.271 e. The lowest BCUT2D eigenvalue weighted by atomic mass is 10.0. The molecule has 1 atom stereocenters. The second-order valence-electron chi connectivity index (χ2n) is 3.53. The molecule has 0 radical (unpaired) electrons. The molecule has 0 fully saturated rings. The van der Waals surface area contributed by atoms with Gasteiger partial charge in [-0.25, -0.2) is 0 Å². The number of hydrazine groups is 1. The molecule has 1 unspecified atom stereocenters. The van der Waals surface area contributed by atoms with E-state index in [0.717, 1.165) is 17.9 Å². The summed E-state index contributed by atoms with van der Waals surface area (Å²) in [5, 5.41) is 0.766. The Kier molecular flexibility index (Phi) is 5.89. The molecule has 1 aromatic rings. The predicted molar refractivity (Wildman–Crippen MR) is 73.8 cm³/mol. The molecule has 0 bridgehead atoms. The van der Waals surface area contributed by atoms with E-state index in [-0.39, 0.29) is 6.04 Å². The van der Waals surface area contributed by atoms with E-state index in [0.29, 0.717) is 0 Å². The van der Waals surface area contributed by atoms with Crippen LogP contribution in [0.5, 0.6) is 0 Å². The maximum absolute atomic E-state index is 5.98. The number of rotatable bonds is 5. The monoisotopic (exact) mass is 338 g/mol. The van der Waals surface area contributed by atoms with E-state index in [9.17, 15) is 0 Å². The van der Waals surface area contributed by atoms with Crippen LogP contribution in [0.1, 0.15) is 37.8 Å². The first kappa shape index (κ1) is 13.2. The lowest BCUT2D eigenvalue weighted by Gasteiger charge is -2.17. The van der Waals surface area contributed by atoms with Crippen LogP contribution in [-0.2, 0) is 0 Å². The summed E-state index contributed by atoms with van der Waals surface area (Å²) in [4.78, 5) is 0. The maximum atomic E-state index is 5.98. The Morgan fingerprint density at radius 1 is 1.53 bits per heavy atom. The van der Waals surface area contributed by atoms with Crippen molar-refractivity contribution in [1.29, 1.82) is 0 Å². The Balaban J connectivity index is 2.85. The lowest BCUT2D eigenvalue weighted by Crippen LogP contribution is -2.28. The highest BCUT2D eigenvalue weighted by atomic mass is 127. The number of nitrogens with one attached hydrogen (secondary N) is 1. The lowest BCUT2D eigenvalue weighted by molar-refractivity contribution is 0.493. The summed E-state index contributed by atoms with van der Waals surface area (Å²) in [7, 11) is 0. The Hall–Kier alpha value is 0.160. The van der Waals surface area contributed by atoms with Crippen LogP contribution in [-0.4, -0.2) is 0 Å². The van der Waals surface area contributed by atoms with Crippen LogP contribution in [0.25, 0.3) is 0 Å². The van der Waals surface area contributed by atoms with Crippen LogP contribution in [0.2, 0.25) is 5.02 Å². The molecular weight excluding hydrogens is 322 g/mol. The van der Waals surface area contributed by atoms with Gasteiger partial charge in [0.1, 0.15) is 0 Å². The Bertz CT molecular complexity index is 317. The largest absolute Gasteiger partial charge is 0.271 e. The highest BCUT2D eigenvalue weighted by Crippen LogP contribution is 2.26. The van der Waals surface area contributed by atoms with Crippen LogP contribution < -0.4 is 11.3 Å². The first-order chi connectivity index (χ1) is 7.19. The van der Waals surface area contributed by atoms with Crippen molar-refractivity contribution in [3.63, 3.8) is 0 Å². The number of halogens is 2. The number of nitrogens with two attached hydrogens (primary N) is 1. The molecule has 0 aromatic heterocycles. The van der Waals surface area contributed by atoms with Crippen LogP contribution >= 0.6 is 34.2 Å². The molecule has 2 nitrogen and oxygen atoms in total. The van der Waals surface area contributed by atoms with E-state index >= 15 is 0 Å². The predicted octanol–water partition coefficient (Wildman–Crippen LogP) is 3.64. The number of unbranched alkanes of at least 4 members (excludes halogenated alkanes) is 1. The summed E-state index contributed by atoms with van der Waals surface area (Å²) in [5.41, 5.74) is 4.05. The van der Waals surface area contributed by atoms with Gasteiger partial charge in [-0.1, -0.05) is 31.4 Å². The van der Waals surface area contributed by atoms with Crippen LogP contribution in [0.3, 0.4) is 0 Å². The molecule has 15 heavy (non-hydrogen) atoms. The van der Waals surface area contributed by atoms with Crippen LogP contribution in [0.15, 0.2) is 18.2 Å². The second kappa shape index (κ2) is 6.68. The van der Waals surface area contributed by atoms with Crippen molar-refractivity contribution in [3.8, 4) is 0 Å². The third kappa shape index (κ3) is 3.90. The molecule has 4 heteroatoms. The third-order valence-electron chi connectivity index (χ3n) is 2.38. The third-order valence-corrected chi connectivity index (χ3v) is 3.60. The molecule has 1 aromatic carbocycles. The number of hydrogen-bond donors (Lipinski definition) is 2. The van der Waals surface area contributed by atoms with Crippen LogP contribution in [0, 0.1) is 3.57 Å². The molecule has 0 aliphatic carbocycles. The zero-order chi connectivity index (χ0) is 11.3. The minimum absolute atomic E-state index is 0.204. The summed E-state index contributed by atoms with van der Waals surface area (Å²) < 4.78 is 1.20. The molecule has 0 amide bonds. The second-order valence-corrected chi connectivity index (χ2v) is 5.13. The van der Waals surface area contributed by atoms with Crippen molar-refractivity contribution in [1.82, 2.24) is 5.43 Å². The average molecular weight is 339 g/mol. The normalized spacial score (nSPS) is 12.8. The Labute approximate surface area is 110 Å². The van der Waals surface area contributed by atoms with Gasteiger partial charge in [-0.2, -0.15) is 0 Å². The first-order valence-corrected chi connectivity index (χ1v) is 6.55. The highest BCUT2D eigenvalue weighted by molar-refractivity contribution is 14.1. The SMILES string of the molecule is CCCCC(NN)c1cc(Cl)ccc1I. The molecule has 0 heterocycles. The fraction of sp³-hybridized carbons (Fsp3) is 0.455. The van der Waals surface area contributed by atoms with Gasteiger partial charge in [0.05, 0.1) is 0 Å². The molecule has 84 valence electrons. The topological polar surface area (TPSA) is 38.0 Å². The van der Waals surface area contributed by atoms with Crippen molar-refractivity contribution >= 4 is 34.2 Å². The van der Waals surface area contributed by atoms with E-state index in [4.69, 9.17) is 17.4 Å². The van der Waals surface area contributed by atoms with E-state index in [1.165, 1.54) is 15.6 Å². The molecule has 0 spiro atoms. The number of benzene rings is 1. The summed E-state index contributed by atoms with van der Waals surface area (Å²) in [6.45, 7) is 2.18. The molecule has 0 aliphatic heterocycles. The van der Waals surface area contributed by atoms with Crippen molar-refractivity contribution < 1.29 is 0 Å². The van der Waals surface area contributed by atoms with Gasteiger partial charge in [-0.3, -0.25) is 11.3 Å². The van der Waals surface area contributed by atoms with Gasteiger partial charge in [0, 0.05) is 14.6 Å². The highest BCUT2D eigenvalue weighted by Gasteiger charge is 2.12. The van der Waals surface area contributed by atoms with Gasteiger partial charge < -0.3 is 0 Å². The fourth-order valence-electron chi connectivity index (χ4n) is 1.52. The maximum Gasteiger partial charge on any atom is 0.0471 e. The van der Waals surface area contributed by atoms with E-state index in [1.54, 1.807) is 0 Å². The molecule has 1 rings (SSSR count). The smallest absolute Gasteiger partial charge is 0.0471 e. The van der Waals surface area contributed by atoms with Gasteiger partial charge in [0.2, 0.25) is 0 Å². The zero-order valence-corrected chi connectivity index (χ0v) is 11.7. The van der Waals surface area contributed by atoms with Gasteiger partial charge in [-0.05, 0) is 52.8 Å². The fourth-order valence-corrected chi connectivity index (χ4v) is 2.41. The summed E-state index contributed by atoms with van der Waals surface area (Å²) in [6, 6.07) is 6.12. The van der Waals surface area contributed by atoms with Crippen LogP contribution in [0.4, 0.5) is 0 Å². The summed E-state index contributed by atoms with van der Waals surface area (Å²) in [6.07, 6.45) is 3.39. The van der Waals surface area contributed by atoms with Crippen molar-refractivity contribution in [2.24, 2.45) is 5.84 Å². The molecular formula is C11H16ClIN2.